The molecule has 0 radical (unpaired) electrons. The van der Waals surface area contributed by atoms with Gasteiger partial charge in [0.15, 0.2) is 0 Å². The minimum Gasteiger partial charge on any atom is -0.0616 e. The number of hydrogen-bond donors (Lipinski definition) is 0. The first-order chi connectivity index (χ1) is 32.7. The fourth-order valence-electron chi connectivity index (χ4n) is 9.99. The molecule has 0 N–H and O–H groups in total. The van der Waals surface area contributed by atoms with Crippen LogP contribution in [0, 0.1) is 0 Å². The van der Waals surface area contributed by atoms with Gasteiger partial charge in [-0.3, -0.25) is 0 Å². The molecule has 66 heavy (non-hydrogen) atoms. The molecule has 10 aromatic carbocycles. The highest BCUT2D eigenvalue weighted by atomic mass is 14.3. The molecular weight excluding hydrogens is 793 g/mol. The second kappa shape index (κ2) is 16.8. The van der Waals surface area contributed by atoms with E-state index in [9.17, 15) is 0 Å². The average molecular weight is 837 g/mol. The van der Waals surface area contributed by atoms with Gasteiger partial charge in [0.05, 0.1) is 0 Å². The molecule has 0 atom stereocenters. The summed E-state index contributed by atoms with van der Waals surface area (Å²) in [5.74, 6) is 0. The highest BCUT2D eigenvalue weighted by Gasteiger charge is 2.23. The van der Waals surface area contributed by atoms with Crippen molar-refractivity contribution in [2.45, 2.75) is 0 Å². The van der Waals surface area contributed by atoms with Gasteiger partial charge < -0.3 is 0 Å². The predicted octanol–water partition coefficient (Wildman–Crippen LogP) is 17.7. The molecule has 0 bridgehead atoms. The van der Waals surface area contributed by atoms with Crippen molar-refractivity contribution < 1.29 is 0 Å². The topological polar surface area (TPSA) is 0 Å². The SMILES string of the molecule is C(=Cc1cc2ccccc2cc1C=Cc1ccc(C=C2c3ccccc3-c3ccccc3-c3ccccc32)cc1)c1ccc(C=C2c3ccccc3-c3ccccc3-c3ccccc32)cc1. The van der Waals surface area contributed by atoms with Crippen molar-refractivity contribution in [2.24, 2.45) is 0 Å². The fraction of sp³-hybridized carbons (Fsp3) is 0. The largest absolute Gasteiger partial charge is 0.0616 e. The Morgan fingerprint density at radius 3 is 0.712 bits per heavy atom. The van der Waals surface area contributed by atoms with Crippen LogP contribution in [0.3, 0.4) is 0 Å². The van der Waals surface area contributed by atoms with Crippen LogP contribution in [0.4, 0.5) is 0 Å². The van der Waals surface area contributed by atoms with Crippen LogP contribution in [0.2, 0.25) is 0 Å². The van der Waals surface area contributed by atoms with Crippen LogP contribution in [0.5, 0.6) is 0 Å². The third-order valence-corrected chi connectivity index (χ3v) is 13.2. The molecule has 308 valence electrons. The molecule has 2 aliphatic rings. The molecule has 0 unspecified atom stereocenters. The Morgan fingerprint density at radius 2 is 0.424 bits per heavy atom. The third-order valence-electron chi connectivity index (χ3n) is 13.2. The number of rotatable bonds is 6. The fourth-order valence-corrected chi connectivity index (χ4v) is 9.99. The van der Waals surface area contributed by atoms with Crippen molar-refractivity contribution in [3.8, 4) is 44.5 Å². The highest BCUT2D eigenvalue weighted by Crippen LogP contribution is 2.47. The van der Waals surface area contributed by atoms with Crippen LogP contribution in [-0.4, -0.2) is 0 Å². The Morgan fingerprint density at radius 1 is 0.197 bits per heavy atom. The van der Waals surface area contributed by atoms with E-state index >= 15 is 0 Å². The summed E-state index contributed by atoms with van der Waals surface area (Å²) in [7, 11) is 0. The van der Waals surface area contributed by atoms with Crippen LogP contribution >= 0.6 is 0 Å². The minimum atomic E-state index is 1.15. The standard InChI is InChI=1S/C66H44/c1-2-16-50-44-52(40-38-46-31-35-48(36-32-46)42-66-63-27-13-9-23-59(63)55-19-5-6-20-56(55)60-24-10-14-28-64(60)66)51(43-49(50)15-1)39-37-45-29-33-47(34-30-45)41-65-61-25-11-7-21-57(61)53-17-3-4-18-54(53)58-22-8-12-26-62(58)65/h1-44H. The Labute approximate surface area is 387 Å². The number of benzene rings is 10. The Balaban J connectivity index is 0.841. The zero-order valence-corrected chi connectivity index (χ0v) is 36.4. The maximum Gasteiger partial charge on any atom is -0.00930 e. The van der Waals surface area contributed by atoms with E-state index in [0.717, 1.165) is 11.1 Å². The van der Waals surface area contributed by atoms with Crippen molar-refractivity contribution in [1.82, 2.24) is 0 Å². The van der Waals surface area contributed by atoms with E-state index in [1.807, 2.05) is 0 Å². The molecule has 10 aromatic rings. The van der Waals surface area contributed by atoms with Crippen LogP contribution in [0.15, 0.2) is 231 Å². The highest BCUT2D eigenvalue weighted by molar-refractivity contribution is 6.07. The third kappa shape index (κ3) is 7.25. The molecule has 0 saturated carbocycles. The van der Waals surface area contributed by atoms with Crippen molar-refractivity contribution in [2.75, 3.05) is 0 Å². The van der Waals surface area contributed by atoms with Gasteiger partial charge in [-0.2, -0.15) is 0 Å². The van der Waals surface area contributed by atoms with Crippen LogP contribution in [0.25, 0.3) is 103 Å². The first kappa shape index (κ1) is 39.0. The van der Waals surface area contributed by atoms with Crippen LogP contribution in [-0.2, 0) is 0 Å². The lowest BCUT2D eigenvalue weighted by Gasteiger charge is -2.12. The zero-order valence-electron chi connectivity index (χ0n) is 36.4. The first-order valence-electron chi connectivity index (χ1n) is 22.8. The second-order valence-corrected chi connectivity index (χ2v) is 17.2. The van der Waals surface area contributed by atoms with E-state index in [2.05, 4.69) is 267 Å². The van der Waals surface area contributed by atoms with Crippen LogP contribution in [0.1, 0.15) is 55.6 Å². The lowest BCUT2D eigenvalue weighted by molar-refractivity contribution is 1.57. The van der Waals surface area contributed by atoms with E-state index in [0.29, 0.717) is 0 Å². The molecule has 0 spiro atoms. The molecule has 0 nitrogen and oxygen atoms in total. The number of fused-ring (bicyclic) bond motifs is 11. The zero-order chi connectivity index (χ0) is 43.8. The summed E-state index contributed by atoms with van der Waals surface area (Å²) in [5.41, 5.74) is 24.6. The van der Waals surface area contributed by atoms with Crippen molar-refractivity contribution in [3.63, 3.8) is 0 Å². The summed E-state index contributed by atoms with van der Waals surface area (Å²) in [4.78, 5) is 0. The molecule has 0 aromatic heterocycles. The Hall–Kier alpha value is -8.58. The lowest BCUT2D eigenvalue weighted by Crippen LogP contribution is -1.90. The first-order valence-corrected chi connectivity index (χ1v) is 22.8. The summed E-state index contributed by atoms with van der Waals surface area (Å²) in [6.07, 6.45) is 13.7. The molecule has 2 aliphatic carbocycles. The van der Waals surface area contributed by atoms with E-state index in [4.69, 9.17) is 0 Å². The number of hydrogen-bond acceptors (Lipinski definition) is 0. The van der Waals surface area contributed by atoms with Gasteiger partial charge in [-0.05, 0) is 146 Å². The van der Waals surface area contributed by atoms with Gasteiger partial charge in [0, 0.05) is 0 Å². The van der Waals surface area contributed by atoms with Crippen molar-refractivity contribution >= 4 is 58.4 Å². The van der Waals surface area contributed by atoms with E-state index in [1.165, 1.54) is 111 Å². The summed E-state index contributed by atoms with van der Waals surface area (Å²) >= 11 is 0. The van der Waals surface area contributed by atoms with Gasteiger partial charge in [0.1, 0.15) is 0 Å². The van der Waals surface area contributed by atoms with Gasteiger partial charge in [-0.15, -0.1) is 0 Å². The normalized spacial score (nSPS) is 12.4. The summed E-state index contributed by atoms with van der Waals surface area (Å²) in [5, 5.41) is 2.45. The second-order valence-electron chi connectivity index (χ2n) is 17.2. The summed E-state index contributed by atoms with van der Waals surface area (Å²) < 4.78 is 0. The quantitative estimate of drug-likeness (QED) is 0.146. The van der Waals surface area contributed by atoms with Gasteiger partial charge in [-0.1, -0.05) is 243 Å². The molecule has 0 heterocycles. The molecule has 0 heteroatoms. The van der Waals surface area contributed by atoms with Gasteiger partial charge in [0.2, 0.25) is 0 Å². The minimum absolute atomic E-state index is 1.15. The van der Waals surface area contributed by atoms with Gasteiger partial charge in [-0.25, -0.2) is 0 Å². The van der Waals surface area contributed by atoms with E-state index in [-0.39, 0.29) is 0 Å². The van der Waals surface area contributed by atoms with Gasteiger partial charge in [0.25, 0.3) is 0 Å². The van der Waals surface area contributed by atoms with Crippen LogP contribution < -0.4 is 0 Å². The summed E-state index contributed by atoms with van der Waals surface area (Å²) in [6.45, 7) is 0. The maximum absolute atomic E-state index is 2.35. The van der Waals surface area contributed by atoms with Crippen molar-refractivity contribution in [1.29, 1.82) is 0 Å². The molecule has 0 aliphatic heterocycles. The molecular formula is C66H44. The molecule has 0 amide bonds. The van der Waals surface area contributed by atoms with E-state index in [1.54, 1.807) is 0 Å². The molecule has 0 fully saturated rings. The lowest BCUT2D eigenvalue weighted by atomic mass is 9.91. The van der Waals surface area contributed by atoms with Gasteiger partial charge >= 0.3 is 0 Å². The Kier molecular flexibility index (Phi) is 9.97. The predicted molar refractivity (Wildman–Crippen MR) is 283 cm³/mol. The Bertz CT molecular complexity index is 3230. The smallest absolute Gasteiger partial charge is 0.00930 e. The maximum atomic E-state index is 2.35. The summed E-state index contributed by atoms with van der Waals surface area (Å²) in [6, 6.07) is 83.9. The average Bonchev–Trinajstić information content (AvgIpc) is 3.58. The monoisotopic (exact) mass is 836 g/mol. The van der Waals surface area contributed by atoms with E-state index < -0.39 is 0 Å². The molecule has 0 saturated heterocycles. The van der Waals surface area contributed by atoms with Crippen molar-refractivity contribution in [3.05, 3.63) is 286 Å². The molecule has 12 rings (SSSR count).